The Kier molecular flexibility index (Phi) is 4.17. The van der Waals surface area contributed by atoms with Crippen molar-refractivity contribution >= 4 is 17.5 Å². The third kappa shape index (κ3) is 3.00. The van der Waals surface area contributed by atoms with Crippen LogP contribution in [0.2, 0.25) is 5.02 Å². The van der Waals surface area contributed by atoms with Crippen molar-refractivity contribution in [1.82, 2.24) is 30.2 Å². The lowest BCUT2D eigenvalue weighted by molar-refractivity contribution is 0.488. The van der Waals surface area contributed by atoms with Gasteiger partial charge in [0.05, 0.1) is 17.7 Å². The molecule has 130 valence electrons. The molecule has 8 heteroatoms. The normalized spacial score (nSPS) is 15.7. The summed E-state index contributed by atoms with van der Waals surface area (Å²) in [5.41, 5.74) is 4.29. The summed E-state index contributed by atoms with van der Waals surface area (Å²) in [7, 11) is 0. The van der Waals surface area contributed by atoms with Gasteiger partial charge in [-0.25, -0.2) is 4.98 Å². The average molecular weight is 358 g/mol. The number of halogens is 1. The minimum absolute atomic E-state index is 0.490. The fourth-order valence-electron chi connectivity index (χ4n) is 3.44. The van der Waals surface area contributed by atoms with Gasteiger partial charge in [-0.1, -0.05) is 16.7 Å². The third-order valence-electron chi connectivity index (χ3n) is 4.87. The van der Waals surface area contributed by atoms with E-state index in [-0.39, 0.29) is 0 Å². The molecule has 0 radical (unpaired) electrons. The van der Waals surface area contributed by atoms with Gasteiger partial charge in [-0.05, 0) is 60.9 Å². The second-order valence-electron chi connectivity index (χ2n) is 6.50. The molecule has 1 aromatic carbocycles. The van der Waals surface area contributed by atoms with Crippen LogP contribution in [-0.2, 0) is 0 Å². The maximum atomic E-state index is 6.13. The van der Waals surface area contributed by atoms with Crippen LogP contribution in [0.3, 0.4) is 0 Å². The molecular formula is C17H20ClN7. The van der Waals surface area contributed by atoms with Crippen LogP contribution in [-0.4, -0.2) is 43.3 Å². The van der Waals surface area contributed by atoms with E-state index in [1.54, 1.807) is 11.0 Å². The van der Waals surface area contributed by atoms with Crippen LogP contribution < -0.4 is 4.90 Å². The molecule has 0 atom stereocenters. The predicted molar refractivity (Wildman–Crippen MR) is 96.4 cm³/mol. The van der Waals surface area contributed by atoms with Crippen LogP contribution in [0.5, 0.6) is 0 Å². The molecule has 4 rings (SSSR count). The Hall–Kier alpha value is -2.41. The zero-order valence-corrected chi connectivity index (χ0v) is 15.0. The van der Waals surface area contributed by atoms with Crippen molar-refractivity contribution in [2.75, 3.05) is 18.0 Å². The number of hydrogen-bond acceptors (Lipinski definition) is 5. The first-order chi connectivity index (χ1) is 12.1. The molecule has 1 N–H and O–H groups in total. The lowest BCUT2D eigenvalue weighted by Gasteiger charge is -2.31. The number of aromatic amines is 1. The number of anilines is 1. The van der Waals surface area contributed by atoms with Gasteiger partial charge in [0.1, 0.15) is 0 Å². The van der Waals surface area contributed by atoms with Gasteiger partial charge in [0.15, 0.2) is 0 Å². The maximum absolute atomic E-state index is 6.13. The highest BCUT2D eigenvalue weighted by Gasteiger charge is 2.26. The molecule has 3 heterocycles. The number of aryl methyl sites for hydroxylation is 2. The summed E-state index contributed by atoms with van der Waals surface area (Å²) in [5, 5.41) is 13.0. The van der Waals surface area contributed by atoms with E-state index in [1.807, 2.05) is 25.1 Å². The molecule has 7 nitrogen and oxygen atoms in total. The smallest absolute Gasteiger partial charge is 0.250 e. The van der Waals surface area contributed by atoms with Crippen molar-refractivity contribution in [2.24, 2.45) is 0 Å². The zero-order chi connectivity index (χ0) is 17.4. The van der Waals surface area contributed by atoms with Gasteiger partial charge in [0.25, 0.3) is 0 Å². The Morgan fingerprint density at radius 3 is 2.68 bits per heavy atom. The number of hydrogen-bond donors (Lipinski definition) is 1. The molecule has 2 aromatic heterocycles. The molecular weight excluding hydrogens is 338 g/mol. The van der Waals surface area contributed by atoms with Gasteiger partial charge in [0, 0.05) is 29.7 Å². The monoisotopic (exact) mass is 357 g/mol. The molecule has 25 heavy (non-hydrogen) atoms. The van der Waals surface area contributed by atoms with E-state index in [1.165, 1.54) is 11.4 Å². The number of piperidine rings is 1. The van der Waals surface area contributed by atoms with E-state index in [0.29, 0.717) is 5.92 Å². The van der Waals surface area contributed by atoms with Gasteiger partial charge >= 0.3 is 0 Å². The Morgan fingerprint density at radius 2 is 2.00 bits per heavy atom. The molecule has 3 aromatic rings. The van der Waals surface area contributed by atoms with Crippen LogP contribution in [0.4, 0.5) is 5.95 Å². The Labute approximate surface area is 151 Å². The molecule has 1 saturated heterocycles. The number of nitrogens with zero attached hydrogens (tertiary/aromatic N) is 6. The summed E-state index contributed by atoms with van der Waals surface area (Å²) in [6.45, 7) is 5.87. The van der Waals surface area contributed by atoms with Crippen molar-refractivity contribution < 1.29 is 0 Å². The van der Waals surface area contributed by atoms with Crippen LogP contribution in [0.1, 0.15) is 35.7 Å². The number of tetrazole rings is 1. The lowest BCUT2D eigenvalue weighted by atomic mass is 9.93. The number of H-pyrrole nitrogens is 1. The molecule has 0 spiro atoms. The summed E-state index contributed by atoms with van der Waals surface area (Å²) in [6, 6.07) is 5.82. The van der Waals surface area contributed by atoms with Gasteiger partial charge in [-0.2, -0.15) is 4.68 Å². The number of imidazole rings is 1. The Balaban J connectivity index is 1.53. The van der Waals surface area contributed by atoms with Gasteiger partial charge < -0.3 is 9.88 Å². The van der Waals surface area contributed by atoms with Crippen molar-refractivity contribution in [3.8, 4) is 5.69 Å². The van der Waals surface area contributed by atoms with Crippen LogP contribution in [0, 0.1) is 13.8 Å². The van der Waals surface area contributed by atoms with E-state index in [9.17, 15) is 0 Å². The summed E-state index contributed by atoms with van der Waals surface area (Å²) in [6.07, 6.45) is 3.86. The molecule has 1 aliphatic rings. The Bertz CT molecular complexity index is 877. The fraction of sp³-hybridized carbons (Fsp3) is 0.412. The molecule has 0 saturated carbocycles. The van der Waals surface area contributed by atoms with E-state index in [2.05, 4.69) is 37.3 Å². The number of aromatic nitrogens is 6. The van der Waals surface area contributed by atoms with Gasteiger partial charge in [0.2, 0.25) is 5.95 Å². The SMILES string of the molecule is Cc1cc(-n2nnnc2N2CCC(c3nc[nH]c3C)CC2)ccc1Cl. The van der Waals surface area contributed by atoms with E-state index in [4.69, 9.17) is 11.6 Å². The second kappa shape index (κ2) is 6.48. The largest absolute Gasteiger partial charge is 0.348 e. The quantitative estimate of drug-likeness (QED) is 0.779. The van der Waals surface area contributed by atoms with Crippen molar-refractivity contribution in [2.45, 2.75) is 32.6 Å². The highest BCUT2D eigenvalue weighted by atomic mass is 35.5. The number of benzene rings is 1. The highest BCUT2D eigenvalue weighted by molar-refractivity contribution is 6.31. The third-order valence-corrected chi connectivity index (χ3v) is 5.30. The molecule has 1 aliphatic heterocycles. The van der Waals surface area contributed by atoms with Gasteiger partial charge in [-0.3, -0.25) is 0 Å². The number of rotatable bonds is 3. The first-order valence-electron chi connectivity index (χ1n) is 8.43. The first kappa shape index (κ1) is 16.1. The van der Waals surface area contributed by atoms with E-state index >= 15 is 0 Å². The van der Waals surface area contributed by atoms with Crippen LogP contribution >= 0.6 is 11.6 Å². The number of nitrogens with one attached hydrogen (secondary N) is 1. The Morgan fingerprint density at radius 1 is 1.20 bits per heavy atom. The van der Waals surface area contributed by atoms with Crippen molar-refractivity contribution in [1.29, 1.82) is 0 Å². The summed E-state index contributed by atoms with van der Waals surface area (Å²) in [4.78, 5) is 9.89. The first-order valence-corrected chi connectivity index (χ1v) is 8.81. The lowest BCUT2D eigenvalue weighted by Crippen LogP contribution is -2.35. The van der Waals surface area contributed by atoms with Gasteiger partial charge in [-0.15, -0.1) is 0 Å². The predicted octanol–water partition coefficient (Wildman–Crippen LogP) is 3.04. The van der Waals surface area contributed by atoms with Crippen LogP contribution in [0.15, 0.2) is 24.5 Å². The van der Waals surface area contributed by atoms with E-state index in [0.717, 1.165) is 48.2 Å². The molecule has 1 fully saturated rings. The summed E-state index contributed by atoms with van der Waals surface area (Å²) in [5.74, 6) is 1.27. The van der Waals surface area contributed by atoms with E-state index < -0.39 is 0 Å². The second-order valence-corrected chi connectivity index (χ2v) is 6.91. The minimum Gasteiger partial charge on any atom is -0.348 e. The molecule has 0 aliphatic carbocycles. The summed E-state index contributed by atoms with van der Waals surface area (Å²) >= 11 is 6.13. The fourth-order valence-corrected chi connectivity index (χ4v) is 3.56. The standard InChI is InChI=1S/C17H20ClN7/c1-11-9-14(3-4-15(11)18)25-17(21-22-23-25)24-7-5-13(6-8-24)16-12(2)19-10-20-16/h3-4,9-10,13H,5-8H2,1-2H3,(H,19,20). The summed E-state index contributed by atoms with van der Waals surface area (Å²) < 4.78 is 1.78. The topological polar surface area (TPSA) is 75.5 Å². The molecule has 0 unspecified atom stereocenters. The van der Waals surface area contributed by atoms with Crippen LogP contribution in [0.25, 0.3) is 5.69 Å². The van der Waals surface area contributed by atoms with Crippen molar-refractivity contribution in [3.63, 3.8) is 0 Å². The molecule has 0 amide bonds. The maximum Gasteiger partial charge on any atom is 0.250 e. The molecule has 0 bridgehead atoms. The van der Waals surface area contributed by atoms with Crippen molar-refractivity contribution in [3.05, 3.63) is 46.5 Å². The average Bonchev–Trinajstić information content (AvgIpc) is 3.26. The minimum atomic E-state index is 0.490. The highest BCUT2D eigenvalue weighted by Crippen LogP contribution is 2.30. The zero-order valence-electron chi connectivity index (χ0n) is 14.3.